The minimum atomic E-state index is -0.770. The van der Waals surface area contributed by atoms with Crippen molar-refractivity contribution in [3.05, 3.63) is 64.0 Å². The summed E-state index contributed by atoms with van der Waals surface area (Å²) in [4.78, 5) is 36.0. The van der Waals surface area contributed by atoms with Crippen LogP contribution in [0.5, 0.6) is 0 Å². The molecule has 2 amide bonds. The highest BCUT2D eigenvalue weighted by Gasteiger charge is 2.36. The van der Waals surface area contributed by atoms with E-state index in [9.17, 15) is 9.59 Å². The van der Waals surface area contributed by atoms with E-state index >= 15 is 0 Å². The molecule has 3 heterocycles. The Balaban J connectivity index is 1.51. The zero-order chi connectivity index (χ0) is 21.8. The van der Waals surface area contributed by atoms with E-state index in [0.29, 0.717) is 30.8 Å². The molecule has 4 rings (SSSR count). The SMILES string of the molecule is C#CC[C@H]1C[C@@H](NC(=O)c2nnc(Cc3ccccc3)s2)C(=O)N(C)c2nccnc21. The van der Waals surface area contributed by atoms with E-state index in [0.717, 1.165) is 10.6 Å². The monoisotopic (exact) mass is 432 g/mol. The van der Waals surface area contributed by atoms with Crippen LogP contribution in [0.25, 0.3) is 0 Å². The summed E-state index contributed by atoms with van der Waals surface area (Å²) >= 11 is 1.21. The van der Waals surface area contributed by atoms with Gasteiger partial charge in [-0.3, -0.25) is 19.5 Å². The number of carbonyl (C=O) groups is 2. The van der Waals surface area contributed by atoms with E-state index in [-0.39, 0.29) is 16.8 Å². The summed E-state index contributed by atoms with van der Waals surface area (Å²) in [6.45, 7) is 0. The molecule has 9 heteroatoms. The second-order valence-corrected chi connectivity index (χ2v) is 8.25. The third-order valence-electron chi connectivity index (χ3n) is 5.09. The van der Waals surface area contributed by atoms with Gasteiger partial charge in [0.2, 0.25) is 5.01 Å². The number of nitrogens with one attached hydrogen (secondary N) is 1. The van der Waals surface area contributed by atoms with Gasteiger partial charge in [-0.05, 0) is 12.0 Å². The first-order valence-corrected chi connectivity index (χ1v) is 10.6. The Kier molecular flexibility index (Phi) is 6.00. The van der Waals surface area contributed by atoms with Crippen molar-refractivity contribution in [3.63, 3.8) is 0 Å². The number of terminal acetylenes is 1. The third kappa shape index (κ3) is 4.44. The maximum Gasteiger partial charge on any atom is 0.282 e. The van der Waals surface area contributed by atoms with E-state index in [1.165, 1.54) is 22.4 Å². The van der Waals surface area contributed by atoms with Crippen molar-refractivity contribution in [2.24, 2.45) is 0 Å². The van der Waals surface area contributed by atoms with Gasteiger partial charge < -0.3 is 5.32 Å². The van der Waals surface area contributed by atoms with Gasteiger partial charge in [-0.1, -0.05) is 41.7 Å². The molecule has 31 heavy (non-hydrogen) atoms. The normalized spacial score (nSPS) is 18.1. The molecule has 2 atom stereocenters. The number of hydrogen-bond donors (Lipinski definition) is 1. The highest BCUT2D eigenvalue weighted by Crippen LogP contribution is 2.33. The first-order chi connectivity index (χ1) is 15.1. The summed E-state index contributed by atoms with van der Waals surface area (Å²) < 4.78 is 0. The topological polar surface area (TPSA) is 101 Å². The number of rotatable bonds is 5. The lowest BCUT2D eigenvalue weighted by molar-refractivity contribution is -0.120. The average molecular weight is 433 g/mol. The zero-order valence-corrected chi connectivity index (χ0v) is 17.7. The Labute approximate surface area is 183 Å². The van der Waals surface area contributed by atoms with Crippen molar-refractivity contribution in [3.8, 4) is 12.3 Å². The van der Waals surface area contributed by atoms with Crippen LogP contribution in [0.15, 0.2) is 42.7 Å². The van der Waals surface area contributed by atoms with E-state index < -0.39 is 11.9 Å². The van der Waals surface area contributed by atoms with Crippen molar-refractivity contribution in [2.75, 3.05) is 11.9 Å². The van der Waals surface area contributed by atoms with Crippen LogP contribution in [-0.4, -0.2) is 45.1 Å². The van der Waals surface area contributed by atoms with Crippen molar-refractivity contribution in [1.29, 1.82) is 0 Å². The Morgan fingerprint density at radius 3 is 2.81 bits per heavy atom. The quantitative estimate of drug-likeness (QED) is 0.621. The van der Waals surface area contributed by atoms with Gasteiger partial charge in [0.15, 0.2) is 5.82 Å². The van der Waals surface area contributed by atoms with Crippen molar-refractivity contribution < 1.29 is 9.59 Å². The second kappa shape index (κ2) is 9.02. The number of aromatic nitrogens is 4. The largest absolute Gasteiger partial charge is 0.338 e. The summed E-state index contributed by atoms with van der Waals surface area (Å²) in [6, 6.07) is 9.06. The van der Waals surface area contributed by atoms with Crippen LogP contribution < -0.4 is 10.2 Å². The fourth-order valence-electron chi connectivity index (χ4n) is 3.57. The van der Waals surface area contributed by atoms with E-state index in [1.807, 2.05) is 30.3 Å². The lowest BCUT2D eigenvalue weighted by Crippen LogP contribution is -2.47. The summed E-state index contributed by atoms with van der Waals surface area (Å²) in [5, 5.41) is 11.9. The molecule has 1 aliphatic heterocycles. The van der Waals surface area contributed by atoms with Crippen molar-refractivity contribution in [2.45, 2.75) is 31.2 Å². The molecule has 1 aromatic carbocycles. The lowest BCUT2D eigenvalue weighted by Gasteiger charge is -2.20. The van der Waals surface area contributed by atoms with Gasteiger partial charge in [0.1, 0.15) is 11.0 Å². The van der Waals surface area contributed by atoms with Gasteiger partial charge in [0.25, 0.3) is 11.8 Å². The Hall–Kier alpha value is -3.64. The summed E-state index contributed by atoms with van der Waals surface area (Å²) in [6.07, 6.45) is 9.96. The minimum Gasteiger partial charge on any atom is -0.338 e. The predicted molar refractivity (Wildman–Crippen MR) is 117 cm³/mol. The molecular weight excluding hydrogens is 412 g/mol. The molecule has 8 nitrogen and oxygen atoms in total. The fraction of sp³-hybridized carbons (Fsp3) is 0.273. The first kappa shape index (κ1) is 20.6. The van der Waals surface area contributed by atoms with Crippen LogP contribution >= 0.6 is 11.3 Å². The fourth-order valence-corrected chi connectivity index (χ4v) is 4.35. The smallest absolute Gasteiger partial charge is 0.282 e. The number of fused-ring (bicyclic) bond motifs is 1. The van der Waals surface area contributed by atoms with Gasteiger partial charge in [-0.25, -0.2) is 4.98 Å². The Bertz CT molecular complexity index is 1140. The van der Waals surface area contributed by atoms with Gasteiger partial charge >= 0.3 is 0 Å². The molecule has 0 fully saturated rings. The molecule has 0 aliphatic carbocycles. The molecule has 0 unspecified atom stereocenters. The molecule has 3 aromatic rings. The van der Waals surface area contributed by atoms with E-state index in [4.69, 9.17) is 6.42 Å². The van der Waals surface area contributed by atoms with Crippen LogP contribution in [0.4, 0.5) is 5.82 Å². The zero-order valence-electron chi connectivity index (χ0n) is 16.9. The molecule has 156 valence electrons. The molecule has 1 aliphatic rings. The van der Waals surface area contributed by atoms with Crippen LogP contribution in [0, 0.1) is 12.3 Å². The number of nitrogens with zero attached hydrogens (tertiary/aromatic N) is 5. The number of anilines is 1. The lowest BCUT2D eigenvalue weighted by atomic mass is 9.94. The van der Waals surface area contributed by atoms with Gasteiger partial charge in [-0.2, -0.15) is 0 Å². The molecule has 0 saturated carbocycles. The number of likely N-dealkylation sites (N-methyl/N-ethyl adjacent to an activating group) is 1. The molecule has 0 bridgehead atoms. The van der Waals surface area contributed by atoms with Gasteiger partial charge in [-0.15, -0.1) is 22.5 Å². The van der Waals surface area contributed by atoms with Crippen molar-refractivity contribution >= 4 is 29.0 Å². The van der Waals surface area contributed by atoms with E-state index in [2.05, 4.69) is 31.4 Å². The standard InChI is InChI=1S/C22H20N6O2S/c1-3-7-15-13-16(22(30)28(2)19-18(15)23-10-11-24-19)25-20(29)21-27-26-17(31-21)12-14-8-5-4-6-9-14/h1,4-6,8-11,15-16H,7,12-13H2,2H3,(H,25,29)/t15-,16+/m0/s1. The average Bonchev–Trinajstić information content (AvgIpc) is 3.23. The number of carbonyl (C=O) groups excluding carboxylic acids is 2. The number of benzene rings is 1. The van der Waals surface area contributed by atoms with Crippen LogP contribution in [0.3, 0.4) is 0 Å². The van der Waals surface area contributed by atoms with Crippen molar-refractivity contribution in [1.82, 2.24) is 25.5 Å². The Morgan fingerprint density at radius 1 is 1.26 bits per heavy atom. The Morgan fingerprint density at radius 2 is 2.03 bits per heavy atom. The molecule has 0 spiro atoms. The first-order valence-electron chi connectivity index (χ1n) is 9.76. The highest BCUT2D eigenvalue weighted by molar-refractivity contribution is 7.13. The molecule has 0 radical (unpaired) electrons. The molecule has 2 aromatic heterocycles. The summed E-state index contributed by atoms with van der Waals surface area (Å²) in [5.74, 6) is 2.19. The van der Waals surface area contributed by atoms with E-state index in [1.54, 1.807) is 13.2 Å². The molecular formula is C22H20N6O2S. The highest BCUT2D eigenvalue weighted by atomic mass is 32.1. The third-order valence-corrected chi connectivity index (χ3v) is 6.01. The minimum absolute atomic E-state index is 0.198. The summed E-state index contributed by atoms with van der Waals surface area (Å²) in [5.41, 5.74) is 1.75. The van der Waals surface area contributed by atoms with Crippen LogP contribution in [-0.2, 0) is 11.2 Å². The van der Waals surface area contributed by atoms with Crippen LogP contribution in [0.2, 0.25) is 0 Å². The summed E-state index contributed by atoms with van der Waals surface area (Å²) in [7, 11) is 1.62. The van der Waals surface area contributed by atoms with Crippen LogP contribution in [0.1, 0.15) is 44.8 Å². The van der Waals surface area contributed by atoms with Gasteiger partial charge in [0, 0.05) is 38.2 Å². The maximum atomic E-state index is 13.0. The number of hydrogen-bond acceptors (Lipinski definition) is 7. The molecule has 1 N–H and O–H groups in total. The second-order valence-electron chi connectivity index (χ2n) is 7.19. The predicted octanol–water partition coefficient (Wildman–Crippen LogP) is 2.19. The van der Waals surface area contributed by atoms with Gasteiger partial charge in [0.05, 0.1) is 5.69 Å². The maximum absolute atomic E-state index is 13.0. The number of amides is 2. The molecule has 0 saturated heterocycles.